The Hall–Kier alpha value is -3.34. The van der Waals surface area contributed by atoms with Crippen LogP contribution in [0.15, 0.2) is 34.8 Å². The minimum atomic E-state index is -1.82. The molecule has 29 heavy (non-hydrogen) atoms. The molecule has 0 heterocycles. The van der Waals surface area contributed by atoms with Crippen LogP contribution in [0.25, 0.3) is 0 Å². The van der Waals surface area contributed by atoms with Crippen molar-refractivity contribution in [1.82, 2.24) is 0 Å². The highest BCUT2D eigenvalue weighted by Crippen LogP contribution is 2.35. The summed E-state index contributed by atoms with van der Waals surface area (Å²) in [7, 11) is 2.95. The van der Waals surface area contributed by atoms with Crippen LogP contribution < -0.4 is 14.8 Å². The predicted octanol–water partition coefficient (Wildman–Crippen LogP) is 3.45. The van der Waals surface area contributed by atoms with Gasteiger partial charge in [0.05, 0.1) is 30.8 Å². The van der Waals surface area contributed by atoms with Crippen molar-refractivity contribution in [2.45, 2.75) is 13.5 Å². The first kappa shape index (κ1) is 23.7. The van der Waals surface area contributed by atoms with Crippen LogP contribution in [0.2, 0.25) is 0 Å². The second-order valence-corrected chi connectivity index (χ2v) is 6.38. The van der Waals surface area contributed by atoms with Crippen LogP contribution in [-0.2, 0) is 16.1 Å². The van der Waals surface area contributed by atoms with Gasteiger partial charge in [-0.2, -0.15) is 0 Å². The lowest BCUT2D eigenvalue weighted by Crippen LogP contribution is -2.09. The van der Waals surface area contributed by atoms with Crippen molar-refractivity contribution in [2.75, 3.05) is 19.5 Å². The number of halogens is 1. The molecular weight excluding hydrogens is 452 g/mol. The molecule has 0 saturated carbocycles. The van der Waals surface area contributed by atoms with Crippen LogP contribution in [0.5, 0.6) is 11.5 Å². The summed E-state index contributed by atoms with van der Waals surface area (Å²) in [6.45, 7) is 2.28. The van der Waals surface area contributed by atoms with E-state index in [1.807, 2.05) is 25.1 Å². The monoisotopic (exact) mass is 470 g/mol. The molecule has 0 saturated heterocycles. The van der Waals surface area contributed by atoms with Gasteiger partial charge < -0.3 is 25.0 Å². The van der Waals surface area contributed by atoms with Crippen molar-refractivity contribution in [3.8, 4) is 11.5 Å². The Balaban J connectivity index is 0.000000612. The highest BCUT2D eigenvalue weighted by atomic mass is 79.9. The van der Waals surface area contributed by atoms with E-state index in [2.05, 4.69) is 21.2 Å². The fourth-order valence-corrected chi connectivity index (χ4v) is 2.42. The van der Waals surface area contributed by atoms with Crippen LogP contribution >= 0.6 is 15.9 Å². The Bertz CT molecular complexity index is 905. The summed E-state index contributed by atoms with van der Waals surface area (Å²) in [5, 5.41) is 29.2. The Morgan fingerprint density at radius 2 is 1.66 bits per heavy atom. The first-order valence-electron chi connectivity index (χ1n) is 7.96. The standard InChI is InChI=1S/C16H17BrN2O4.C2H2O4/c1-10-6-12(4-5-13(10)17)18-9-11-7-15(22-2)16(23-3)8-14(11)19(20)21;3-1(4)2(5)6/h4-8,18H,9H2,1-3H3;(H,3,4)(H,5,6). The number of methoxy groups -OCH3 is 2. The second-order valence-electron chi connectivity index (χ2n) is 5.52. The number of aliphatic carboxylic acids is 2. The summed E-state index contributed by atoms with van der Waals surface area (Å²) in [5.74, 6) is -2.85. The molecule has 2 aromatic rings. The third kappa shape index (κ3) is 6.96. The van der Waals surface area contributed by atoms with E-state index >= 15 is 0 Å². The van der Waals surface area contributed by atoms with Crippen molar-refractivity contribution in [2.24, 2.45) is 0 Å². The van der Waals surface area contributed by atoms with Gasteiger partial charge in [0.15, 0.2) is 11.5 Å². The first-order valence-corrected chi connectivity index (χ1v) is 8.75. The van der Waals surface area contributed by atoms with Gasteiger partial charge in [-0.05, 0) is 36.8 Å². The van der Waals surface area contributed by atoms with Gasteiger partial charge in [0.25, 0.3) is 5.69 Å². The molecular formula is C18H19BrN2O8. The highest BCUT2D eigenvalue weighted by molar-refractivity contribution is 9.10. The number of carboxylic acid groups (broad SMARTS) is 2. The Kier molecular flexibility index (Phi) is 8.87. The molecule has 2 aromatic carbocycles. The highest BCUT2D eigenvalue weighted by Gasteiger charge is 2.19. The molecule has 0 aliphatic heterocycles. The SMILES string of the molecule is COc1cc(CNc2ccc(Br)c(C)c2)c([N+](=O)[O-])cc1OC.O=C(O)C(=O)O. The molecule has 10 nitrogen and oxygen atoms in total. The number of carboxylic acids is 2. The van der Waals surface area contributed by atoms with E-state index in [1.54, 1.807) is 6.07 Å². The van der Waals surface area contributed by atoms with Crippen molar-refractivity contribution < 1.29 is 34.2 Å². The van der Waals surface area contributed by atoms with E-state index in [4.69, 9.17) is 29.3 Å². The van der Waals surface area contributed by atoms with E-state index in [1.165, 1.54) is 20.3 Å². The van der Waals surface area contributed by atoms with Gasteiger partial charge in [-0.3, -0.25) is 10.1 Å². The fourth-order valence-electron chi connectivity index (χ4n) is 2.17. The van der Waals surface area contributed by atoms with Crippen molar-refractivity contribution in [3.63, 3.8) is 0 Å². The molecule has 0 radical (unpaired) electrons. The number of rotatable bonds is 6. The molecule has 156 valence electrons. The van der Waals surface area contributed by atoms with Crippen LogP contribution in [0.4, 0.5) is 11.4 Å². The molecule has 0 fully saturated rings. The minimum Gasteiger partial charge on any atom is -0.493 e. The zero-order chi connectivity index (χ0) is 22.1. The smallest absolute Gasteiger partial charge is 0.414 e. The molecule has 2 rings (SSSR count). The number of aryl methyl sites for hydroxylation is 1. The van der Waals surface area contributed by atoms with E-state index < -0.39 is 16.9 Å². The van der Waals surface area contributed by atoms with Crippen LogP contribution in [0.1, 0.15) is 11.1 Å². The second kappa shape index (κ2) is 10.9. The largest absolute Gasteiger partial charge is 0.493 e. The first-order chi connectivity index (χ1) is 13.6. The summed E-state index contributed by atoms with van der Waals surface area (Å²) >= 11 is 3.44. The molecule has 0 spiro atoms. The van der Waals surface area contributed by atoms with Crippen LogP contribution in [-0.4, -0.2) is 41.3 Å². The molecule has 3 N–H and O–H groups in total. The molecule has 0 aliphatic carbocycles. The van der Waals surface area contributed by atoms with Gasteiger partial charge in [0.2, 0.25) is 0 Å². The number of nitro benzene ring substituents is 1. The Labute approximate surface area is 174 Å². The summed E-state index contributed by atoms with van der Waals surface area (Å²) in [6.07, 6.45) is 0. The molecule has 0 atom stereocenters. The summed E-state index contributed by atoms with van der Waals surface area (Å²) < 4.78 is 11.3. The van der Waals surface area contributed by atoms with Gasteiger partial charge in [-0.25, -0.2) is 9.59 Å². The van der Waals surface area contributed by atoms with Crippen molar-refractivity contribution in [3.05, 3.63) is 56.0 Å². The lowest BCUT2D eigenvalue weighted by molar-refractivity contribution is -0.385. The van der Waals surface area contributed by atoms with Crippen molar-refractivity contribution in [1.29, 1.82) is 0 Å². The number of hydrogen-bond acceptors (Lipinski definition) is 7. The number of hydrogen-bond donors (Lipinski definition) is 3. The molecule has 0 bridgehead atoms. The number of nitrogens with one attached hydrogen (secondary N) is 1. The predicted molar refractivity (Wildman–Crippen MR) is 108 cm³/mol. The fraction of sp³-hybridized carbons (Fsp3) is 0.222. The zero-order valence-corrected chi connectivity index (χ0v) is 17.3. The van der Waals surface area contributed by atoms with E-state index in [9.17, 15) is 10.1 Å². The number of nitro groups is 1. The topological polar surface area (TPSA) is 148 Å². The van der Waals surface area contributed by atoms with Gasteiger partial charge in [-0.1, -0.05) is 15.9 Å². The average molecular weight is 471 g/mol. The van der Waals surface area contributed by atoms with Crippen LogP contribution in [0, 0.1) is 17.0 Å². The van der Waals surface area contributed by atoms with Gasteiger partial charge in [0, 0.05) is 16.7 Å². The van der Waals surface area contributed by atoms with Crippen molar-refractivity contribution >= 4 is 39.2 Å². The lowest BCUT2D eigenvalue weighted by Gasteiger charge is -2.12. The Morgan fingerprint density at radius 3 is 2.10 bits per heavy atom. The third-order valence-electron chi connectivity index (χ3n) is 3.61. The minimum absolute atomic E-state index is 0.0102. The number of nitrogens with zero attached hydrogens (tertiary/aromatic N) is 1. The molecule has 0 amide bonds. The number of carbonyl (C=O) groups is 2. The maximum atomic E-state index is 11.3. The summed E-state index contributed by atoms with van der Waals surface area (Å²) in [6, 6.07) is 8.80. The van der Waals surface area contributed by atoms with Gasteiger partial charge in [0.1, 0.15) is 0 Å². The number of anilines is 1. The van der Waals surface area contributed by atoms with Crippen LogP contribution in [0.3, 0.4) is 0 Å². The number of benzene rings is 2. The normalized spacial score (nSPS) is 9.66. The Morgan fingerprint density at radius 1 is 1.10 bits per heavy atom. The summed E-state index contributed by atoms with van der Waals surface area (Å²) in [4.78, 5) is 29.0. The van der Waals surface area contributed by atoms with E-state index in [0.29, 0.717) is 23.6 Å². The number of ether oxygens (including phenoxy) is 2. The zero-order valence-electron chi connectivity index (χ0n) is 15.8. The average Bonchev–Trinajstić information content (AvgIpc) is 2.68. The quantitative estimate of drug-likeness (QED) is 0.327. The maximum Gasteiger partial charge on any atom is 0.414 e. The third-order valence-corrected chi connectivity index (χ3v) is 4.50. The molecule has 0 unspecified atom stereocenters. The molecule has 11 heteroatoms. The molecule has 0 aromatic heterocycles. The van der Waals surface area contributed by atoms with E-state index in [0.717, 1.165) is 15.7 Å². The lowest BCUT2D eigenvalue weighted by atomic mass is 10.1. The van der Waals surface area contributed by atoms with Gasteiger partial charge >= 0.3 is 11.9 Å². The van der Waals surface area contributed by atoms with E-state index in [-0.39, 0.29) is 5.69 Å². The maximum absolute atomic E-state index is 11.3. The molecule has 0 aliphatic rings. The van der Waals surface area contributed by atoms with Gasteiger partial charge in [-0.15, -0.1) is 0 Å². The summed E-state index contributed by atoms with van der Waals surface area (Å²) in [5.41, 5.74) is 2.48.